The number of hydrogen-bond donors (Lipinski definition) is 0. The van der Waals surface area contributed by atoms with E-state index in [4.69, 9.17) is 0 Å². The van der Waals surface area contributed by atoms with Crippen molar-refractivity contribution < 1.29 is 4.70 Å². The van der Waals surface area contributed by atoms with Crippen LogP contribution in [0.1, 0.15) is 5.56 Å². The summed E-state index contributed by atoms with van der Waals surface area (Å²) in [5.74, 6) is 0. The lowest BCUT2D eigenvalue weighted by Crippen LogP contribution is -2.14. The molecule has 8 rings (SSSR count). The minimum absolute atomic E-state index is 0.571. The molecule has 6 nitrogen and oxygen atoms in total. The van der Waals surface area contributed by atoms with Crippen LogP contribution in [0, 0.1) is 0 Å². The van der Waals surface area contributed by atoms with E-state index in [-0.39, 0.29) is 0 Å². The van der Waals surface area contributed by atoms with Crippen LogP contribution in [0.15, 0.2) is 175 Å². The number of anilines is 3. The normalized spacial score (nSPS) is 12.5. The Morgan fingerprint density at radius 1 is 0.522 bits per heavy atom. The third kappa shape index (κ3) is 5.44. The number of fused-ring (bicyclic) bond motifs is 1. The molecule has 0 radical (unpaired) electrons. The fraction of sp³-hybridized carbons (Fsp3) is 0.0250. The summed E-state index contributed by atoms with van der Waals surface area (Å²) in [6.07, 6.45) is 5.52. The average Bonchev–Trinajstić information content (AvgIpc) is 3.64. The summed E-state index contributed by atoms with van der Waals surface area (Å²) < 4.78 is 1.94. The molecule has 0 aliphatic carbocycles. The fourth-order valence-electron chi connectivity index (χ4n) is 5.91. The van der Waals surface area contributed by atoms with Crippen LogP contribution in [-0.4, -0.2) is 26.9 Å². The Morgan fingerprint density at radius 3 is 2.09 bits per heavy atom. The number of benzene rings is 5. The van der Waals surface area contributed by atoms with Crippen LogP contribution in [0.2, 0.25) is 0 Å². The van der Waals surface area contributed by atoms with Gasteiger partial charge >= 0.3 is 0 Å². The molecule has 218 valence electrons. The SMILES string of the molecule is c1ccc(-c2cccc([N+]3=NN=C(c4cccc(N(c5cccc(-c6cccnc6)c5)c5ccc6ccccc6c5)c4)C3)c2)nc1. The second kappa shape index (κ2) is 12.0. The van der Waals surface area contributed by atoms with Gasteiger partial charge in [0.2, 0.25) is 5.71 Å². The maximum absolute atomic E-state index is 4.63. The largest absolute Gasteiger partial charge is 0.310 e. The first-order valence-electron chi connectivity index (χ1n) is 15.2. The molecule has 1 aliphatic heterocycles. The summed E-state index contributed by atoms with van der Waals surface area (Å²) in [4.78, 5) is 11.2. The zero-order valence-electron chi connectivity index (χ0n) is 25.0. The van der Waals surface area contributed by atoms with Gasteiger partial charge in [-0.3, -0.25) is 9.97 Å². The van der Waals surface area contributed by atoms with E-state index in [1.165, 1.54) is 10.8 Å². The third-order valence-corrected chi connectivity index (χ3v) is 8.21. The first kappa shape index (κ1) is 27.3. The van der Waals surface area contributed by atoms with Crippen molar-refractivity contribution >= 4 is 39.2 Å². The molecule has 3 heterocycles. The van der Waals surface area contributed by atoms with E-state index in [1.54, 1.807) is 6.20 Å². The second-order valence-electron chi connectivity index (χ2n) is 11.2. The number of rotatable bonds is 7. The average molecular weight is 594 g/mol. The minimum atomic E-state index is 0.571. The van der Waals surface area contributed by atoms with Gasteiger partial charge in [-0.15, -0.1) is 4.70 Å². The minimum Gasteiger partial charge on any atom is -0.310 e. The molecule has 46 heavy (non-hydrogen) atoms. The van der Waals surface area contributed by atoms with E-state index in [1.807, 2.05) is 47.4 Å². The molecule has 0 spiro atoms. The van der Waals surface area contributed by atoms with Gasteiger partial charge in [-0.2, -0.15) is 0 Å². The van der Waals surface area contributed by atoms with Gasteiger partial charge in [0.25, 0.3) is 0 Å². The Bertz CT molecular complexity index is 2240. The smallest absolute Gasteiger partial charge is 0.231 e. The van der Waals surface area contributed by atoms with Gasteiger partial charge in [0.1, 0.15) is 5.22 Å². The topological polar surface area (TPSA) is 56.8 Å². The lowest BCUT2D eigenvalue weighted by molar-refractivity contribution is -0.492. The Balaban J connectivity index is 1.15. The van der Waals surface area contributed by atoms with E-state index in [0.717, 1.165) is 56.4 Å². The molecule has 6 heteroatoms. The van der Waals surface area contributed by atoms with Crippen molar-refractivity contribution in [1.29, 1.82) is 0 Å². The van der Waals surface area contributed by atoms with E-state index >= 15 is 0 Å². The Labute approximate surface area is 267 Å². The van der Waals surface area contributed by atoms with Crippen molar-refractivity contribution in [3.8, 4) is 22.4 Å². The summed E-state index contributed by atoms with van der Waals surface area (Å²) in [5.41, 5.74) is 10.2. The molecule has 0 bridgehead atoms. The summed E-state index contributed by atoms with van der Waals surface area (Å²) >= 11 is 0. The van der Waals surface area contributed by atoms with Crippen LogP contribution >= 0.6 is 0 Å². The van der Waals surface area contributed by atoms with Crippen molar-refractivity contribution in [3.63, 3.8) is 0 Å². The Kier molecular flexibility index (Phi) is 7.13. The molecule has 1 aliphatic rings. The van der Waals surface area contributed by atoms with Gasteiger partial charge in [0.15, 0.2) is 12.2 Å². The highest BCUT2D eigenvalue weighted by Crippen LogP contribution is 2.38. The summed E-state index contributed by atoms with van der Waals surface area (Å²) in [6.45, 7) is 0.571. The number of pyridine rings is 2. The molecule has 5 aromatic carbocycles. The first-order valence-corrected chi connectivity index (χ1v) is 15.2. The second-order valence-corrected chi connectivity index (χ2v) is 11.2. The number of hydrogen-bond acceptors (Lipinski definition) is 5. The molecule has 0 saturated carbocycles. The van der Waals surface area contributed by atoms with Crippen LogP contribution in [0.3, 0.4) is 0 Å². The highest BCUT2D eigenvalue weighted by atomic mass is 15.5. The predicted octanol–water partition coefficient (Wildman–Crippen LogP) is 9.95. The molecule has 0 fully saturated rings. The van der Waals surface area contributed by atoms with E-state index in [9.17, 15) is 0 Å². The fourth-order valence-corrected chi connectivity index (χ4v) is 5.91. The summed E-state index contributed by atoms with van der Waals surface area (Å²) in [7, 11) is 0. The first-order chi connectivity index (χ1) is 22.8. The monoisotopic (exact) mass is 593 g/mol. The molecular formula is C40H29N6+. The van der Waals surface area contributed by atoms with Crippen molar-refractivity contribution in [2.24, 2.45) is 10.3 Å². The summed E-state index contributed by atoms with van der Waals surface area (Å²) in [5, 5.41) is 11.6. The van der Waals surface area contributed by atoms with Crippen molar-refractivity contribution in [2.75, 3.05) is 11.4 Å². The van der Waals surface area contributed by atoms with Crippen molar-refractivity contribution in [2.45, 2.75) is 0 Å². The van der Waals surface area contributed by atoms with Crippen LogP contribution in [-0.2, 0) is 0 Å². The molecule has 0 saturated heterocycles. The van der Waals surface area contributed by atoms with Crippen LogP contribution in [0.4, 0.5) is 22.7 Å². The van der Waals surface area contributed by atoms with Crippen LogP contribution in [0.5, 0.6) is 0 Å². The molecular weight excluding hydrogens is 564 g/mol. The maximum Gasteiger partial charge on any atom is 0.231 e. The zero-order chi connectivity index (χ0) is 30.7. The van der Waals surface area contributed by atoms with Gasteiger partial charge in [-0.25, -0.2) is 0 Å². The number of nitrogens with zero attached hydrogens (tertiary/aromatic N) is 6. The lowest BCUT2D eigenvalue weighted by atomic mass is 10.0. The highest BCUT2D eigenvalue weighted by molar-refractivity contribution is 6.03. The predicted molar refractivity (Wildman–Crippen MR) is 185 cm³/mol. The molecule has 0 atom stereocenters. The lowest BCUT2D eigenvalue weighted by Gasteiger charge is -2.26. The van der Waals surface area contributed by atoms with Gasteiger partial charge in [0, 0.05) is 52.3 Å². The highest BCUT2D eigenvalue weighted by Gasteiger charge is 2.25. The van der Waals surface area contributed by atoms with Gasteiger partial charge in [0.05, 0.1) is 10.8 Å². The zero-order valence-corrected chi connectivity index (χ0v) is 25.0. The molecule has 0 unspecified atom stereocenters. The van der Waals surface area contributed by atoms with Crippen molar-refractivity contribution in [3.05, 3.63) is 170 Å². The third-order valence-electron chi connectivity index (χ3n) is 8.21. The van der Waals surface area contributed by atoms with E-state index < -0.39 is 0 Å². The standard InChI is InChI=1S/C40H29N6/c1-2-10-30-23-38(20-19-29(30)9-1)46(36-16-5-11-31(24-36)34-14-8-21-41-27-34)37-17-7-13-33(26-37)40-28-45(44-43-40)35-15-6-12-32(25-35)39-18-3-4-22-42-39/h1-27H,28H2/q+1. The van der Waals surface area contributed by atoms with Gasteiger partial charge in [-0.1, -0.05) is 78.9 Å². The quantitative estimate of drug-likeness (QED) is 0.173. The van der Waals surface area contributed by atoms with E-state index in [0.29, 0.717) is 6.54 Å². The molecule has 0 amide bonds. The van der Waals surface area contributed by atoms with Gasteiger partial charge in [-0.05, 0) is 83.1 Å². The Morgan fingerprint density at radius 2 is 1.26 bits per heavy atom. The van der Waals surface area contributed by atoms with Crippen molar-refractivity contribution in [1.82, 2.24) is 9.97 Å². The van der Waals surface area contributed by atoms with Gasteiger partial charge < -0.3 is 4.90 Å². The maximum atomic E-state index is 4.63. The molecule has 0 N–H and O–H groups in total. The summed E-state index contributed by atoms with van der Waals surface area (Å²) in [6, 6.07) is 50.5. The number of aromatic nitrogens is 2. The van der Waals surface area contributed by atoms with Crippen LogP contribution in [0.25, 0.3) is 33.2 Å². The van der Waals surface area contributed by atoms with E-state index in [2.05, 4.69) is 140 Å². The Hall–Kier alpha value is -6.27. The molecule has 7 aromatic rings. The van der Waals surface area contributed by atoms with Crippen LogP contribution < -0.4 is 4.90 Å². The molecule has 2 aromatic heterocycles.